The first-order valence-corrected chi connectivity index (χ1v) is 22.6. The summed E-state index contributed by atoms with van der Waals surface area (Å²) in [6.07, 6.45) is -19.6. The lowest BCUT2D eigenvalue weighted by atomic mass is 9.91. The molecule has 1 amide bonds. The van der Waals surface area contributed by atoms with E-state index in [1.165, 1.54) is 27.7 Å². The third kappa shape index (κ3) is 10.2. The van der Waals surface area contributed by atoms with E-state index in [2.05, 4.69) is 26.1 Å². The molecule has 0 aliphatic carbocycles. The molecule has 0 unspecified atom stereocenters. The van der Waals surface area contributed by atoms with Gasteiger partial charge in [0, 0.05) is 25.6 Å². The normalized spacial score (nSPS) is 37.0. The number of amides is 1. The number of rotatable bonds is 9. The van der Waals surface area contributed by atoms with E-state index in [4.69, 9.17) is 43.3 Å². The number of hydrogen-bond acceptors (Lipinski definition) is 18. The number of aliphatic hydroxyl groups excluding tert-OH is 5. The van der Waals surface area contributed by atoms with E-state index in [0.717, 1.165) is 12.3 Å². The molecule has 0 radical (unpaired) electrons. The van der Waals surface area contributed by atoms with Crippen molar-refractivity contribution in [2.24, 2.45) is 5.73 Å². The van der Waals surface area contributed by atoms with E-state index in [-0.39, 0.29) is 16.2 Å². The van der Waals surface area contributed by atoms with Crippen LogP contribution in [-0.2, 0) is 42.4 Å². The Balaban J connectivity index is 1.37. The number of carbonyl (C=O) groups excluding carboxylic acids is 2. The largest absolute Gasteiger partial charge is 0.443 e. The van der Waals surface area contributed by atoms with Crippen LogP contribution in [0.25, 0.3) is 0 Å². The second kappa shape index (κ2) is 17.2. The zero-order chi connectivity index (χ0) is 44.3. The van der Waals surface area contributed by atoms with Gasteiger partial charge in [-0.05, 0) is 52.8 Å². The minimum absolute atomic E-state index is 0.0696. The fourth-order valence-electron chi connectivity index (χ4n) is 7.15. The Labute approximate surface area is 342 Å². The lowest BCUT2D eigenvalue weighted by Gasteiger charge is -2.54. The first-order chi connectivity index (χ1) is 27.0. The molecule has 336 valence electrons. The third-order valence-electron chi connectivity index (χ3n) is 11.3. The highest BCUT2D eigenvalue weighted by Gasteiger charge is 2.57. The van der Waals surface area contributed by atoms with Crippen LogP contribution >= 0.6 is 0 Å². The molecule has 22 heteroatoms. The van der Waals surface area contributed by atoms with E-state index in [9.17, 15) is 44.7 Å². The second-order valence-electron chi connectivity index (χ2n) is 18.6. The number of nitrogens with two attached hydrogens (primary N) is 1. The fraction of sp³-hybridized carbons (Fsp3) is 0.838. The van der Waals surface area contributed by atoms with Crippen LogP contribution in [0, 0.1) is 0 Å². The van der Waals surface area contributed by atoms with Crippen molar-refractivity contribution in [3.8, 4) is 0 Å². The van der Waals surface area contributed by atoms with E-state index >= 15 is 0 Å². The van der Waals surface area contributed by atoms with Gasteiger partial charge >= 0.3 is 11.8 Å². The van der Waals surface area contributed by atoms with Crippen molar-refractivity contribution in [2.75, 3.05) is 6.61 Å². The highest BCUT2D eigenvalue weighted by molar-refractivity contribution is 6.74. The van der Waals surface area contributed by atoms with Crippen LogP contribution < -0.4 is 22.3 Å². The van der Waals surface area contributed by atoms with E-state index in [1.54, 1.807) is 13.8 Å². The predicted octanol–water partition coefficient (Wildman–Crippen LogP) is -1.27. The molecule has 0 bridgehead atoms. The van der Waals surface area contributed by atoms with Crippen molar-refractivity contribution in [3.63, 3.8) is 0 Å². The molecule has 59 heavy (non-hydrogen) atoms. The average molecular weight is 863 g/mol. The van der Waals surface area contributed by atoms with Crippen molar-refractivity contribution in [2.45, 2.75) is 190 Å². The summed E-state index contributed by atoms with van der Waals surface area (Å²) in [6, 6.07) is -1.53. The highest BCUT2D eigenvalue weighted by Crippen LogP contribution is 2.42. The molecule has 0 spiro atoms. The van der Waals surface area contributed by atoms with Crippen LogP contribution in [0.2, 0.25) is 18.1 Å². The van der Waals surface area contributed by atoms with Gasteiger partial charge in [0.15, 0.2) is 32.9 Å². The van der Waals surface area contributed by atoms with E-state index in [0.29, 0.717) is 4.57 Å². The minimum atomic E-state index is -2.57. The van der Waals surface area contributed by atoms with Crippen molar-refractivity contribution in [1.29, 1.82) is 0 Å². The van der Waals surface area contributed by atoms with Gasteiger partial charge in [-0.2, -0.15) is 4.57 Å². The first-order valence-electron chi connectivity index (χ1n) is 19.7. The van der Waals surface area contributed by atoms with E-state index < -0.39 is 141 Å². The van der Waals surface area contributed by atoms with Gasteiger partial charge in [-0.25, -0.2) is 9.59 Å². The number of nitrogens with one attached hydrogen (secondary N) is 1. The smallest absolute Gasteiger partial charge is 0.425 e. The number of carbonyl (C=O) groups is 2. The highest BCUT2D eigenvalue weighted by atomic mass is 28.4. The number of aromatic nitrogens is 2. The number of nitrogens with zero attached hydrogens (tertiary/aromatic N) is 2. The lowest BCUT2D eigenvalue weighted by molar-refractivity contribution is -0.388. The molecule has 21 nitrogen and oxygen atoms in total. The van der Waals surface area contributed by atoms with Gasteiger partial charge in [0.1, 0.15) is 54.4 Å². The molecular formula is C37H62N4O17Si. The Bertz CT molecular complexity index is 1790. The molecule has 1 aromatic heterocycles. The maximum atomic E-state index is 13.3. The Morgan fingerprint density at radius 3 is 2.24 bits per heavy atom. The summed E-state index contributed by atoms with van der Waals surface area (Å²) in [5.74, 6) is -1.45. The summed E-state index contributed by atoms with van der Waals surface area (Å²) in [5.41, 5.74) is 3.01. The molecule has 1 aromatic rings. The number of aliphatic hydroxyl groups is 5. The van der Waals surface area contributed by atoms with Crippen molar-refractivity contribution in [3.05, 3.63) is 33.1 Å². The molecule has 4 saturated heterocycles. The van der Waals surface area contributed by atoms with Crippen molar-refractivity contribution >= 4 is 20.3 Å². The summed E-state index contributed by atoms with van der Waals surface area (Å²) in [4.78, 5) is 51.2. The van der Waals surface area contributed by atoms with Crippen LogP contribution in [0.5, 0.6) is 0 Å². The van der Waals surface area contributed by atoms with Gasteiger partial charge in [-0.3, -0.25) is 14.2 Å². The fourth-order valence-corrected chi connectivity index (χ4v) is 8.47. The molecule has 4 aliphatic rings. The quantitative estimate of drug-likeness (QED) is 0.142. The maximum absolute atomic E-state index is 13.3. The van der Waals surface area contributed by atoms with Crippen LogP contribution in [-0.4, -0.2) is 159 Å². The van der Waals surface area contributed by atoms with Crippen LogP contribution in [0.3, 0.4) is 0 Å². The number of fused-ring (bicyclic) bond motifs is 1. The molecule has 0 aromatic carbocycles. The molecule has 0 saturated carbocycles. The Morgan fingerprint density at radius 1 is 1.00 bits per heavy atom. The average Bonchev–Trinajstić information content (AvgIpc) is 3.39. The SMILES string of the molecule is CC(=O)N[C@H]1[C@@H](O[C@@H]2O[C@H](C[C@@H](O)[C@H]3O[C@@H](n4ccc(=O)n(C(=O)OC(C)(C)C)c4=O)[C@H](O)[C@@H]3O)[C@H](O)[C@H](O)[C@H]2N)O[C@@H]2COC(C)(C)O[C@H]2[C@@H]1O[Si](C)(C)C(C)(C)C. The van der Waals surface area contributed by atoms with Gasteiger partial charge in [-0.15, -0.1) is 0 Å². The maximum Gasteiger partial charge on any atom is 0.425 e. The monoisotopic (exact) mass is 862 g/mol. The summed E-state index contributed by atoms with van der Waals surface area (Å²) >= 11 is 0. The Kier molecular flexibility index (Phi) is 13.8. The van der Waals surface area contributed by atoms with Crippen LogP contribution in [0.4, 0.5) is 4.79 Å². The summed E-state index contributed by atoms with van der Waals surface area (Å²) in [7, 11) is -2.57. The molecule has 4 fully saturated rings. The molecule has 4 aliphatic heterocycles. The summed E-state index contributed by atoms with van der Waals surface area (Å²) in [6.45, 7) is 19.8. The first kappa shape index (κ1) is 47.4. The van der Waals surface area contributed by atoms with E-state index in [1.807, 2.05) is 13.1 Å². The standard InChI is InChI=1S/C37H62N4O17Si/c1-16(42)39-22-29(58-59(10,11)36(5,6)7)28-19(15-51-37(8,9)56-28)53-32(22)55-31-21(38)24(46)23(45)18(52-31)14-17(43)27-25(47)26(48)30(54-27)40-13-12-20(44)41(33(40)49)34(50)57-35(2,3)4/h12-13,17-19,21-32,43,45-48H,14-15,38H2,1-11H3,(H,39,42)/t17-,18-,19-,21-,22-,23+,24-,25+,26-,27-,28-,29-,30-,31+,32-/m1/s1. The molecule has 5 heterocycles. The zero-order valence-corrected chi connectivity index (χ0v) is 36.3. The van der Waals surface area contributed by atoms with Gasteiger partial charge in [0.05, 0.1) is 31.0 Å². The van der Waals surface area contributed by atoms with Gasteiger partial charge in [-0.1, -0.05) is 20.8 Å². The molecule has 8 N–H and O–H groups in total. The van der Waals surface area contributed by atoms with Crippen LogP contribution in [0.1, 0.15) is 75.0 Å². The topological polar surface area (TPSA) is 291 Å². The summed E-state index contributed by atoms with van der Waals surface area (Å²) < 4.78 is 49.7. The zero-order valence-electron chi connectivity index (χ0n) is 35.3. The van der Waals surface area contributed by atoms with Crippen LogP contribution in [0.15, 0.2) is 21.9 Å². The number of ether oxygens (including phenoxy) is 7. The molecular weight excluding hydrogens is 801 g/mol. The van der Waals surface area contributed by atoms with Crippen molar-refractivity contribution in [1.82, 2.24) is 14.5 Å². The van der Waals surface area contributed by atoms with Gasteiger partial charge < -0.3 is 74.2 Å². The van der Waals surface area contributed by atoms with Gasteiger partial charge in [0.2, 0.25) is 5.91 Å². The third-order valence-corrected chi connectivity index (χ3v) is 15.7. The second-order valence-corrected chi connectivity index (χ2v) is 23.3. The summed E-state index contributed by atoms with van der Waals surface area (Å²) in [5, 5.41) is 58.1. The van der Waals surface area contributed by atoms with Gasteiger partial charge in [0.25, 0.3) is 5.56 Å². The predicted molar refractivity (Wildman–Crippen MR) is 206 cm³/mol. The molecule has 5 rings (SSSR count). The molecule has 15 atom stereocenters. The Morgan fingerprint density at radius 2 is 1.64 bits per heavy atom. The lowest BCUT2D eigenvalue weighted by Crippen LogP contribution is -2.72. The minimum Gasteiger partial charge on any atom is -0.443 e. The Hall–Kier alpha value is -2.68. The van der Waals surface area contributed by atoms with Crippen molar-refractivity contribution < 1.29 is 72.7 Å². The number of hydrogen-bond donors (Lipinski definition) is 7.